The molecule has 0 aliphatic heterocycles. The molecule has 0 spiro atoms. The molecule has 0 fully saturated rings. The maximum Gasteiger partial charge on any atom is 0.137 e. The molecule has 0 amide bonds. The maximum absolute atomic E-state index is 13.8. The Morgan fingerprint density at radius 1 is 0.889 bits per heavy atom. The van der Waals surface area contributed by atoms with Crippen LogP contribution in [0, 0.1) is 30.2 Å². The van der Waals surface area contributed by atoms with Crippen molar-refractivity contribution in [2.24, 2.45) is 0 Å². The average Bonchev–Trinajstić information content (AvgIpc) is 2.27. The molecule has 0 nitrogen and oxygen atoms in total. The highest BCUT2D eigenvalue weighted by Crippen LogP contribution is 2.35. The Morgan fingerprint density at radius 2 is 1.56 bits per heavy atom. The van der Waals surface area contributed by atoms with Crippen LogP contribution in [0.5, 0.6) is 0 Å². The fourth-order valence-corrected chi connectivity index (χ4v) is 1.96. The Balaban J connectivity index is 2.81. The molecule has 0 saturated heterocycles. The van der Waals surface area contributed by atoms with Crippen LogP contribution >= 0.6 is 11.6 Å². The van der Waals surface area contributed by atoms with Crippen LogP contribution in [0.3, 0.4) is 0 Å². The van der Waals surface area contributed by atoms with Crippen LogP contribution in [-0.4, -0.2) is 0 Å². The standard InChI is InChI=1S/C13H7ClF4/c1-6-2-3-9(16)12(13(6)18)11-8(14)4-7(15)5-10(11)17/h2-5H,1H3. The lowest BCUT2D eigenvalue weighted by atomic mass is 10.0. The Kier molecular flexibility index (Phi) is 3.30. The van der Waals surface area contributed by atoms with Crippen molar-refractivity contribution in [3.63, 3.8) is 0 Å². The third-order valence-corrected chi connectivity index (χ3v) is 2.84. The van der Waals surface area contributed by atoms with Gasteiger partial charge in [-0.2, -0.15) is 0 Å². The predicted molar refractivity (Wildman–Crippen MR) is 61.5 cm³/mol. The molecule has 5 heteroatoms. The highest BCUT2D eigenvalue weighted by molar-refractivity contribution is 6.33. The van der Waals surface area contributed by atoms with E-state index < -0.39 is 34.4 Å². The second kappa shape index (κ2) is 4.61. The van der Waals surface area contributed by atoms with Crippen LogP contribution < -0.4 is 0 Å². The van der Waals surface area contributed by atoms with Crippen LogP contribution in [-0.2, 0) is 0 Å². The molecule has 2 rings (SSSR count). The van der Waals surface area contributed by atoms with Gasteiger partial charge in [0.2, 0.25) is 0 Å². The molecular weight excluding hydrogens is 268 g/mol. The van der Waals surface area contributed by atoms with E-state index in [1.54, 1.807) is 0 Å². The quantitative estimate of drug-likeness (QED) is 0.651. The molecule has 0 aliphatic rings. The van der Waals surface area contributed by atoms with E-state index in [1.165, 1.54) is 13.0 Å². The van der Waals surface area contributed by atoms with E-state index in [0.29, 0.717) is 6.07 Å². The maximum atomic E-state index is 13.8. The van der Waals surface area contributed by atoms with Gasteiger partial charge in [0.05, 0.1) is 10.6 Å². The summed E-state index contributed by atoms with van der Waals surface area (Å²) in [5, 5.41) is -0.379. The minimum atomic E-state index is -1.11. The van der Waals surface area contributed by atoms with Gasteiger partial charge in [0.1, 0.15) is 23.3 Å². The lowest BCUT2D eigenvalue weighted by Gasteiger charge is -2.10. The van der Waals surface area contributed by atoms with Crippen molar-refractivity contribution in [1.29, 1.82) is 0 Å². The molecule has 0 saturated carbocycles. The zero-order valence-corrected chi connectivity index (χ0v) is 9.96. The minimum Gasteiger partial charge on any atom is -0.207 e. The van der Waals surface area contributed by atoms with Gasteiger partial charge in [-0.15, -0.1) is 0 Å². The van der Waals surface area contributed by atoms with E-state index in [0.717, 1.165) is 12.1 Å². The Bertz CT molecular complexity index is 600. The van der Waals surface area contributed by atoms with Crippen molar-refractivity contribution < 1.29 is 17.6 Å². The molecule has 94 valence electrons. The number of benzene rings is 2. The van der Waals surface area contributed by atoms with Crippen molar-refractivity contribution in [3.8, 4) is 11.1 Å². The van der Waals surface area contributed by atoms with Crippen LogP contribution in [0.15, 0.2) is 24.3 Å². The van der Waals surface area contributed by atoms with Gasteiger partial charge in [-0.3, -0.25) is 0 Å². The number of aryl methyl sites for hydroxylation is 1. The highest BCUT2D eigenvalue weighted by Gasteiger charge is 2.20. The van der Waals surface area contributed by atoms with Gasteiger partial charge in [0.25, 0.3) is 0 Å². The first kappa shape index (κ1) is 12.9. The molecule has 2 aromatic carbocycles. The monoisotopic (exact) mass is 274 g/mol. The first-order valence-corrected chi connectivity index (χ1v) is 5.39. The molecule has 0 radical (unpaired) electrons. The molecular formula is C13H7ClF4. The summed E-state index contributed by atoms with van der Waals surface area (Å²) in [7, 11) is 0. The first-order valence-electron chi connectivity index (χ1n) is 5.01. The highest BCUT2D eigenvalue weighted by atomic mass is 35.5. The normalized spacial score (nSPS) is 10.8. The van der Waals surface area contributed by atoms with Crippen LogP contribution in [0.1, 0.15) is 5.56 Å². The number of halogens is 5. The Morgan fingerprint density at radius 3 is 2.17 bits per heavy atom. The summed E-state index contributed by atoms with van der Waals surface area (Å²) in [4.78, 5) is 0. The third-order valence-electron chi connectivity index (χ3n) is 2.54. The topological polar surface area (TPSA) is 0 Å². The summed E-state index contributed by atoms with van der Waals surface area (Å²) >= 11 is 5.65. The molecule has 0 atom stereocenters. The largest absolute Gasteiger partial charge is 0.207 e. The van der Waals surface area contributed by atoms with Crippen LogP contribution in [0.4, 0.5) is 17.6 Å². The summed E-state index contributed by atoms with van der Waals surface area (Å²) in [6.07, 6.45) is 0. The van der Waals surface area contributed by atoms with Gasteiger partial charge in [-0.05, 0) is 24.6 Å². The Labute approximate surface area is 106 Å². The van der Waals surface area contributed by atoms with Crippen molar-refractivity contribution in [1.82, 2.24) is 0 Å². The lowest BCUT2D eigenvalue weighted by Crippen LogP contribution is -1.97. The van der Waals surface area contributed by atoms with Gasteiger partial charge in [-0.25, -0.2) is 17.6 Å². The summed E-state index contributed by atoms with van der Waals surface area (Å²) in [5.74, 6) is -3.88. The smallest absolute Gasteiger partial charge is 0.137 e. The number of rotatable bonds is 1. The van der Waals surface area contributed by atoms with Gasteiger partial charge in [-0.1, -0.05) is 17.7 Å². The summed E-state index contributed by atoms with van der Waals surface area (Å²) in [6, 6.07) is 3.57. The first-order chi connectivity index (χ1) is 8.41. The van der Waals surface area contributed by atoms with Crippen molar-refractivity contribution in [2.45, 2.75) is 6.92 Å². The molecule has 0 heterocycles. The minimum absolute atomic E-state index is 0.145. The summed E-state index contributed by atoms with van der Waals surface area (Å²) in [6.45, 7) is 1.41. The summed E-state index contributed by atoms with van der Waals surface area (Å²) in [5.41, 5.74) is -0.916. The van der Waals surface area contributed by atoms with Crippen LogP contribution in [0.25, 0.3) is 11.1 Å². The van der Waals surface area contributed by atoms with E-state index in [2.05, 4.69) is 0 Å². The van der Waals surface area contributed by atoms with Gasteiger partial charge in [0.15, 0.2) is 0 Å². The molecule has 0 aliphatic carbocycles. The average molecular weight is 275 g/mol. The molecule has 0 aromatic heterocycles. The van der Waals surface area contributed by atoms with Crippen molar-refractivity contribution in [2.75, 3.05) is 0 Å². The zero-order chi connectivity index (χ0) is 13.4. The fraction of sp³-hybridized carbons (Fsp3) is 0.0769. The van der Waals surface area contributed by atoms with E-state index in [-0.39, 0.29) is 10.6 Å². The lowest BCUT2D eigenvalue weighted by molar-refractivity contribution is 0.568. The Hall–Kier alpha value is -1.55. The van der Waals surface area contributed by atoms with E-state index in [4.69, 9.17) is 11.6 Å². The molecule has 18 heavy (non-hydrogen) atoms. The van der Waals surface area contributed by atoms with E-state index >= 15 is 0 Å². The molecule has 0 bridgehead atoms. The van der Waals surface area contributed by atoms with Gasteiger partial charge < -0.3 is 0 Å². The fourth-order valence-electron chi connectivity index (χ4n) is 1.67. The van der Waals surface area contributed by atoms with Crippen molar-refractivity contribution in [3.05, 3.63) is 58.1 Å². The van der Waals surface area contributed by atoms with Gasteiger partial charge in [0, 0.05) is 11.6 Å². The predicted octanol–water partition coefficient (Wildman–Crippen LogP) is 4.87. The molecule has 2 aromatic rings. The SMILES string of the molecule is Cc1ccc(F)c(-c2c(F)cc(F)cc2Cl)c1F. The second-order valence-electron chi connectivity index (χ2n) is 3.80. The van der Waals surface area contributed by atoms with E-state index in [1.807, 2.05) is 0 Å². The van der Waals surface area contributed by atoms with Gasteiger partial charge >= 0.3 is 0 Å². The molecule has 0 N–H and O–H groups in total. The molecule has 0 unspecified atom stereocenters. The zero-order valence-electron chi connectivity index (χ0n) is 9.20. The third kappa shape index (κ3) is 2.08. The van der Waals surface area contributed by atoms with Crippen LogP contribution in [0.2, 0.25) is 5.02 Å². The van der Waals surface area contributed by atoms with E-state index in [9.17, 15) is 17.6 Å². The van der Waals surface area contributed by atoms with Crippen molar-refractivity contribution >= 4 is 11.6 Å². The second-order valence-corrected chi connectivity index (χ2v) is 4.20. The number of hydrogen-bond acceptors (Lipinski definition) is 0. The summed E-state index contributed by atoms with van der Waals surface area (Å²) < 4.78 is 54.0. The number of hydrogen-bond donors (Lipinski definition) is 0.